The van der Waals surface area contributed by atoms with Gasteiger partial charge in [-0.2, -0.15) is 0 Å². The summed E-state index contributed by atoms with van der Waals surface area (Å²) in [6, 6.07) is 9.04. The first kappa shape index (κ1) is 19.4. The molecule has 0 saturated carbocycles. The van der Waals surface area contributed by atoms with E-state index in [1.807, 2.05) is 25.1 Å². The number of aliphatic carboxylic acids is 1. The highest BCUT2D eigenvalue weighted by molar-refractivity contribution is 5.95. The minimum atomic E-state index is -1.75. The van der Waals surface area contributed by atoms with Crippen molar-refractivity contribution in [1.29, 1.82) is 0 Å². The lowest BCUT2D eigenvalue weighted by Crippen LogP contribution is -2.57. The largest absolute Gasteiger partial charge is 0.479 e. The van der Waals surface area contributed by atoms with Crippen LogP contribution in [0.15, 0.2) is 30.3 Å². The molecule has 1 atom stereocenters. The number of amides is 2. The van der Waals surface area contributed by atoms with Crippen LogP contribution >= 0.6 is 0 Å². The number of carboxylic acids is 1. The summed E-state index contributed by atoms with van der Waals surface area (Å²) in [4.78, 5) is 40.4. The number of rotatable bonds is 3. The average molecular weight is 374 g/mol. The first-order valence-electron chi connectivity index (χ1n) is 9.35. The molecule has 2 amide bonds. The van der Waals surface area contributed by atoms with Gasteiger partial charge in [0.25, 0.3) is 5.91 Å². The van der Waals surface area contributed by atoms with Crippen molar-refractivity contribution < 1.29 is 24.6 Å². The Hall–Kier alpha value is -2.41. The SMILES string of the molecule is CC1(C(=O)N2CCC(O)(C(=O)O)CC2)CCCN(C(=O)c2ccccc2)C1. The highest BCUT2D eigenvalue weighted by Crippen LogP contribution is 2.34. The van der Waals surface area contributed by atoms with Gasteiger partial charge in [0.15, 0.2) is 5.60 Å². The van der Waals surface area contributed by atoms with Gasteiger partial charge in [-0.3, -0.25) is 9.59 Å². The number of hydrogen-bond acceptors (Lipinski definition) is 4. The summed E-state index contributed by atoms with van der Waals surface area (Å²) in [5.74, 6) is -1.38. The standard InChI is InChI=1S/C20H26N2O5/c1-19(17(24)21-12-9-20(27,10-13-21)18(25)26)8-5-11-22(14-19)16(23)15-6-3-2-4-7-15/h2-4,6-7,27H,5,8-14H2,1H3,(H,25,26). The van der Waals surface area contributed by atoms with Crippen molar-refractivity contribution in [3.63, 3.8) is 0 Å². The van der Waals surface area contributed by atoms with Crippen molar-refractivity contribution in [3.8, 4) is 0 Å². The second-order valence-corrected chi connectivity index (χ2v) is 7.89. The van der Waals surface area contributed by atoms with Gasteiger partial charge in [-0.05, 0) is 31.9 Å². The van der Waals surface area contributed by atoms with Gasteiger partial charge >= 0.3 is 5.97 Å². The lowest BCUT2D eigenvalue weighted by Gasteiger charge is -2.44. The van der Waals surface area contributed by atoms with Crippen LogP contribution in [0, 0.1) is 5.41 Å². The molecule has 1 aromatic carbocycles. The maximum Gasteiger partial charge on any atom is 0.335 e. The maximum absolute atomic E-state index is 13.1. The molecule has 2 N–H and O–H groups in total. The molecule has 2 heterocycles. The number of carboxylic acid groups (broad SMARTS) is 1. The number of hydrogen-bond donors (Lipinski definition) is 2. The fourth-order valence-electron chi connectivity index (χ4n) is 4.03. The van der Waals surface area contributed by atoms with Crippen LogP contribution in [-0.4, -0.2) is 69.6 Å². The molecule has 3 rings (SSSR count). The van der Waals surface area contributed by atoms with Crippen LogP contribution in [-0.2, 0) is 9.59 Å². The quantitative estimate of drug-likeness (QED) is 0.833. The van der Waals surface area contributed by atoms with Crippen LogP contribution in [0.1, 0.15) is 43.0 Å². The summed E-state index contributed by atoms with van der Waals surface area (Å²) in [6.07, 6.45) is 1.48. The van der Waals surface area contributed by atoms with Crippen LogP contribution in [0.2, 0.25) is 0 Å². The van der Waals surface area contributed by atoms with E-state index in [9.17, 15) is 19.5 Å². The topological polar surface area (TPSA) is 98.2 Å². The normalized spacial score (nSPS) is 25.1. The van der Waals surface area contributed by atoms with E-state index in [4.69, 9.17) is 5.11 Å². The first-order valence-corrected chi connectivity index (χ1v) is 9.35. The number of piperidine rings is 2. The third-order valence-electron chi connectivity index (χ3n) is 5.80. The van der Waals surface area contributed by atoms with Crippen molar-refractivity contribution >= 4 is 17.8 Å². The fraction of sp³-hybridized carbons (Fsp3) is 0.550. The molecule has 0 bridgehead atoms. The van der Waals surface area contributed by atoms with Gasteiger partial charge in [0.1, 0.15) is 0 Å². The molecular weight excluding hydrogens is 348 g/mol. The molecule has 1 unspecified atom stereocenters. The second kappa shape index (κ2) is 7.31. The van der Waals surface area contributed by atoms with Crippen LogP contribution in [0.4, 0.5) is 0 Å². The molecule has 0 spiro atoms. The molecule has 7 nitrogen and oxygen atoms in total. The van der Waals surface area contributed by atoms with Crippen LogP contribution in [0.3, 0.4) is 0 Å². The number of benzene rings is 1. The molecule has 27 heavy (non-hydrogen) atoms. The highest BCUT2D eigenvalue weighted by atomic mass is 16.4. The predicted octanol–water partition coefficient (Wildman–Crippen LogP) is 1.37. The van der Waals surface area contributed by atoms with Crippen molar-refractivity contribution in [2.24, 2.45) is 5.41 Å². The Morgan fingerprint density at radius 1 is 0.963 bits per heavy atom. The minimum Gasteiger partial charge on any atom is -0.479 e. The van der Waals surface area contributed by atoms with Gasteiger partial charge in [0.2, 0.25) is 5.91 Å². The Morgan fingerprint density at radius 2 is 1.59 bits per heavy atom. The molecule has 2 saturated heterocycles. The Bertz CT molecular complexity index is 727. The van der Waals surface area contributed by atoms with E-state index in [0.29, 0.717) is 25.1 Å². The molecular formula is C20H26N2O5. The molecule has 0 aromatic heterocycles. The van der Waals surface area contributed by atoms with E-state index in [1.165, 1.54) is 0 Å². The summed E-state index contributed by atoms with van der Waals surface area (Å²) < 4.78 is 0. The summed E-state index contributed by atoms with van der Waals surface area (Å²) in [7, 11) is 0. The minimum absolute atomic E-state index is 0.0246. The van der Waals surface area contributed by atoms with Gasteiger partial charge in [-0.15, -0.1) is 0 Å². The Morgan fingerprint density at radius 3 is 2.19 bits per heavy atom. The third kappa shape index (κ3) is 3.83. The van der Waals surface area contributed by atoms with E-state index in [1.54, 1.807) is 21.9 Å². The number of carbonyl (C=O) groups is 3. The monoisotopic (exact) mass is 374 g/mol. The lowest BCUT2D eigenvalue weighted by molar-refractivity contribution is -0.167. The Kier molecular flexibility index (Phi) is 5.24. The molecule has 0 radical (unpaired) electrons. The van der Waals surface area contributed by atoms with Gasteiger partial charge in [0.05, 0.1) is 5.41 Å². The van der Waals surface area contributed by atoms with E-state index < -0.39 is 17.0 Å². The first-order chi connectivity index (χ1) is 12.8. The summed E-state index contributed by atoms with van der Waals surface area (Å²) in [5.41, 5.74) is -1.83. The van der Waals surface area contributed by atoms with Crippen molar-refractivity contribution in [2.45, 2.75) is 38.2 Å². The Labute approximate surface area is 158 Å². The summed E-state index contributed by atoms with van der Waals surface area (Å²) >= 11 is 0. The number of carbonyl (C=O) groups excluding carboxylic acids is 2. The molecule has 146 valence electrons. The van der Waals surface area contributed by atoms with E-state index in [0.717, 1.165) is 6.42 Å². The highest BCUT2D eigenvalue weighted by Gasteiger charge is 2.46. The Balaban J connectivity index is 1.68. The van der Waals surface area contributed by atoms with E-state index >= 15 is 0 Å². The van der Waals surface area contributed by atoms with E-state index in [2.05, 4.69) is 0 Å². The summed E-state index contributed by atoms with van der Waals surface area (Å²) in [6.45, 7) is 3.26. The number of likely N-dealkylation sites (tertiary alicyclic amines) is 2. The zero-order chi connectivity index (χ0) is 19.7. The van der Waals surface area contributed by atoms with Gasteiger partial charge in [-0.1, -0.05) is 18.2 Å². The maximum atomic E-state index is 13.1. The van der Waals surface area contributed by atoms with Gasteiger partial charge < -0.3 is 20.0 Å². The third-order valence-corrected chi connectivity index (χ3v) is 5.80. The van der Waals surface area contributed by atoms with Crippen LogP contribution in [0.25, 0.3) is 0 Å². The fourth-order valence-corrected chi connectivity index (χ4v) is 4.03. The zero-order valence-corrected chi connectivity index (χ0v) is 15.6. The molecule has 2 aliphatic rings. The summed E-state index contributed by atoms with van der Waals surface area (Å²) in [5, 5.41) is 19.2. The number of aliphatic hydroxyl groups is 1. The van der Waals surface area contributed by atoms with E-state index in [-0.39, 0.29) is 37.7 Å². The average Bonchev–Trinajstić information content (AvgIpc) is 2.68. The second-order valence-electron chi connectivity index (χ2n) is 7.89. The zero-order valence-electron chi connectivity index (χ0n) is 15.6. The number of nitrogens with zero attached hydrogens (tertiary/aromatic N) is 2. The molecule has 2 aliphatic heterocycles. The lowest BCUT2D eigenvalue weighted by atomic mass is 9.79. The van der Waals surface area contributed by atoms with Crippen molar-refractivity contribution in [1.82, 2.24) is 9.80 Å². The van der Waals surface area contributed by atoms with Crippen molar-refractivity contribution in [2.75, 3.05) is 26.2 Å². The smallest absolute Gasteiger partial charge is 0.335 e. The molecule has 1 aromatic rings. The predicted molar refractivity (Wildman–Crippen MR) is 98.1 cm³/mol. The molecule has 2 fully saturated rings. The molecule has 7 heteroatoms. The van der Waals surface area contributed by atoms with Crippen LogP contribution in [0.5, 0.6) is 0 Å². The van der Waals surface area contributed by atoms with Gasteiger partial charge in [0, 0.05) is 44.6 Å². The van der Waals surface area contributed by atoms with Crippen LogP contribution < -0.4 is 0 Å². The van der Waals surface area contributed by atoms with Crippen molar-refractivity contribution in [3.05, 3.63) is 35.9 Å². The van der Waals surface area contributed by atoms with Gasteiger partial charge in [-0.25, -0.2) is 4.79 Å². The molecule has 0 aliphatic carbocycles.